The second-order valence-electron chi connectivity index (χ2n) is 7.80. The first-order valence-corrected chi connectivity index (χ1v) is 13.2. The zero-order valence-electron chi connectivity index (χ0n) is 15.8. The third kappa shape index (κ3) is 9.35. The maximum Gasteiger partial charge on any atom is 0.190 e. The van der Waals surface area contributed by atoms with Gasteiger partial charge in [0, 0.05) is 6.10 Å². The summed E-state index contributed by atoms with van der Waals surface area (Å²) in [4.78, 5) is 0. The summed E-state index contributed by atoms with van der Waals surface area (Å²) in [5, 5.41) is 0. The van der Waals surface area contributed by atoms with Crippen molar-refractivity contribution in [3.8, 4) is 0 Å². The lowest BCUT2D eigenvalue weighted by Gasteiger charge is -2.35. The van der Waals surface area contributed by atoms with Crippen LogP contribution in [0.15, 0.2) is 0 Å². The summed E-state index contributed by atoms with van der Waals surface area (Å²) in [5.74, 6) is 0. The summed E-state index contributed by atoms with van der Waals surface area (Å²) >= 11 is 0. The molecule has 0 spiro atoms. The van der Waals surface area contributed by atoms with Crippen molar-refractivity contribution in [2.75, 3.05) is 0 Å². The molecule has 132 valence electrons. The van der Waals surface area contributed by atoms with Gasteiger partial charge in [0.1, 0.15) is 0 Å². The molecule has 1 aliphatic heterocycles. The molecule has 0 saturated carbocycles. The summed E-state index contributed by atoms with van der Waals surface area (Å²) < 4.78 is 6.72. The summed E-state index contributed by atoms with van der Waals surface area (Å²) in [6.07, 6.45) is 20.2. The van der Waals surface area contributed by atoms with E-state index in [2.05, 4.69) is 20.4 Å². The lowest BCUT2D eigenvalue weighted by atomic mass is 10.0. The normalized spacial score (nSPS) is 19.2. The summed E-state index contributed by atoms with van der Waals surface area (Å²) in [7, 11) is -1.33. The number of hydrogen-bond donors (Lipinski definition) is 0. The molecule has 0 N–H and O–H groups in total. The van der Waals surface area contributed by atoms with Gasteiger partial charge in [-0.15, -0.1) is 0 Å². The van der Waals surface area contributed by atoms with E-state index >= 15 is 0 Å². The molecule has 0 bridgehead atoms. The van der Waals surface area contributed by atoms with Gasteiger partial charge >= 0.3 is 0 Å². The summed E-state index contributed by atoms with van der Waals surface area (Å²) in [5.41, 5.74) is 0. The molecule has 22 heavy (non-hydrogen) atoms. The third-order valence-corrected chi connectivity index (χ3v) is 9.08. The minimum absolute atomic E-state index is 0.583. The predicted octanol–water partition coefficient (Wildman–Crippen LogP) is 7.46. The molecule has 0 aromatic carbocycles. The summed E-state index contributed by atoms with van der Waals surface area (Å²) in [6.45, 7) is 7.11. The van der Waals surface area contributed by atoms with Crippen molar-refractivity contribution in [1.29, 1.82) is 0 Å². The smallest absolute Gasteiger partial charge is 0.190 e. The van der Waals surface area contributed by atoms with E-state index in [1.54, 1.807) is 0 Å². The molecule has 1 fully saturated rings. The molecular formula is C20H42OSi. The van der Waals surface area contributed by atoms with Crippen LogP contribution in [0, 0.1) is 0 Å². The quantitative estimate of drug-likeness (QED) is 0.252. The molecule has 1 unspecified atom stereocenters. The van der Waals surface area contributed by atoms with Crippen LogP contribution >= 0.6 is 0 Å². The molecule has 0 aromatic heterocycles. The standard InChI is InChI=1S/C20H42OSi/c1-4-6-7-8-9-10-11-13-17-20(16-5-2)21-22(3)18-14-12-15-19-22/h20H,4-19H2,1-3H3. The van der Waals surface area contributed by atoms with Crippen LogP contribution in [0.3, 0.4) is 0 Å². The van der Waals surface area contributed by atoms with E-state index in [0.29, 0.717) is 6.10 Å². The Bertz CT molecular complexity index is 248. The van der Waals surface area contributed by atoms with Crippen LogP contribution in [-0.2, 0) is 4.43 Å². The lowest BCUT2D eigenvalue weighted by Crippen LogP contribution is -2.40. The third-order valence-electron chi connectivity index (χ3n) is 5.35. The first-order chi connectivity index (χ1) is 10.7. The lowest BCUT2D eigenvalue weighted by molar-refractivity contribution is 0.160. The zero-order valence-corrected chi connectivity index (χ0v) is 16.8. The minimum atomic E-state index is -1.33. The average Bonchev–Trinajstić information content (AvgIpc) is 2.50. The second kappa shape index (κ2) is 12.6. The summed E-state index contributed by atoms with van der Waals surface area (Å²) in [6, 6.07) is 2.84. The monoisotopic (exact) mass is 326 g/mol. The van der Waals surface area contributed by atoms with Gasteiger partial charge in [0.15, 0.2) is 8.32 Å². The van der Waals surface area contributed by atoms with Crippen molar-refractivity contribution in [1.82, 2.24) is 0 Å². The highest BCUT2D eigenvalue weighted by atomic mass is 28.4. The fourth-order valence-corrected chi connectivity index (χ4v) is 7.43. The van der Waals surface area contributed by atoms with Crippen LogP contribution in [0.25, 0.3) is 0 Å². The topological polar surface area (TPSA) is 9.23 Å². The highest BCUT2D eigenvalue weighted by molar-refractivity contribution is 6.72. The first kappa shape index (κ1) is 20.2. The molecule has 2 heteroatoms. The molecule has 0 radical (unpaired) electrons. The van der Waals surface area contributed by atoms with E-state index < -0.39 is 8.32 Å². The first-order valence-electron chi connectivity index (χ1n) is 10.4. The van der Waals surface area contributed by atoms with Crippen LogP contribution in [0.2, 0.25) is 18.6 Å². The molecule has 1 aliphatic rings. The number of unbranched alkanes of at least 4 members (excludes halogenated alkanes) is 7. The molecule has 0 amide bonds. The maximum atomic E-state index is 6.72. The van der Waals surface area contributed by atoms with Crippen molar-refractivity contribution in [2.45, 2.75) is 128 Å². The van der Waals surface area contributed by atoms with Gasteiger partial charge in [-0.25, -0.2) is 0 Å². The molecule has 0 aromatic rings. The van der Waals surface area contributed by atoms with Crippen LogP contribution < -0.4 is 0 Å². The highest BCUT2D eigenvalue weighted by Crippen LogP contribution is 2.32. The number of hydrogen-bond acceptors (Lipinski definition) is 1. The van der Waals surface area contributed by atoms with Gasteiger partial charge in [-0.1, -0.05) is 90.9 Å². The van der Waals surface area contributed by atoms with Crippen molar-refractivity contribution in [3.05, 3.63) is 0 Å². The second-order valence-corrected chi connectivity index (χ2v) is 11.9. The Kier molecular flexibility index (Phi) is 11.6. The fourth-order valence-electron chi connectivity index (χ4n) is 3.91. The Morgan fingerprint density at radius 1 is 0.727 bits per heavy atom. The van der Waals surface area contributed by atoms with Gasteiger partial charge in [0.05, 0.1) is 0 Å². The van der Waals surface area contributed by atoms with Crippen molar-refractivity contribution >= 4 is 8.32 Å². The fraction of sp³-hybridized carbons (Fsp3) is 1.00. The maximum absolute atomic E-state index is 6.72. The van der Waals surface area contributed by atoms with Gasteiger partial charge in [-0.2, -0.15) is 0 Å². The zero-order chi connectivity index (χ0) is 16.1. The molecule has 1 saturated heterocycles. The van der Waals surface area contributed by atoms with Gasteiger partial charge in [0.25, 0.3) is 0 Å². The number of rotatable bonds is 13. The van der Waals surface area contributed by atoms with E-state index in [0.717, 1.165) is 0 Å². The Labute approximate surface area is 141 Å². The van der Waals surface area contributed by atoms with Crippen LogP contribution in [0.5, 0.6) is 0 Å². The van der Waals surface area contributed by atoms with E-state index in [1.165, 1.54) is 102 Å². The average molecular weight is 327 g/mol. The van der Waals surface area contributed by atoms with Crippen molar-refractivity contribution < 1.29 is 4.43 Å². The van der Waals surface area contributed by atoms with E-state index in [1.807, 2.05) is 0 Å². The molecule has 1 heterocycles. The SMILES string of the molecule is CCCCCCCCCCC(CCC)O[Si]1(C)CCCCC1. The van der Waals surface area contributed by atoms with E-state index in [-0.39, 0.29) is 0 Å². The minimum Gasteiger partial charge on any atom is -0.414 e. The van der Waals surface area contributed by atoms with E-state index in [4.69, 9.17) is 4.43 Å². The predicted molar refractivity (Wildman–Crippen MR) is 102 cm³/mol. The molecule has 1 nitrogen and oxygen atoms in total. The van der Waals surface area contributed by atoms with Gasteiger partial charge in [-0.05, 0) is 31.5 Å². The van der Waals surface area contributed by atoms with Gasteiger partial charge < -0.3 is 4.43 Å². The highest BCUT2D eigenvalue weighted by Gasteiger charge is 2.33. The van der Waals surface area contributed by atoms with Crippen molar-refractivity contribution in [3.63, 3.8) is 0 Å². The van der Waals surface area contributed by atoms with Gasteiger partial charge in [-0.3, -0.25) is 0 Å². The molecule has 1 atom stereocenters. The Balaban J connectivity index is 2.12. The molecule has 0 aliphatic carbocycles. The Morgan fingerprint density at radius 2 is 1.32 bits per heavy atom. The Hall–Kier alpha value is 0.177. The Morgan fingerprint density at radius 3 is 1.91 bits per heavy atom. The largest absolute Gasteiger partial charge is 0.414 e. The van der Waals surface area contributed by atoms with Gasteiger partial charge in [0.2, 0.25) is 0 Å². The molecule has 1 rings (SSSR count). The van der Waals surface area contributed by atoms with E-state index in [9.17, 15) is 0 Å². The van der Waals surface area contributed by atoms with Crippen LogP contribution in [-0.4, -0.2) is 14.4 Å². The van der Waals surface area contributed by atoms with Crippen LogP contribution in [0.1, 0.15) is 104 Å². The van der Waals surface area contributed by atoms with Crippen LogP contribution in [0.4, 0.5) is 0 Å². The molecular weight excluding hydrogens is 284 g/mol. The van der Waals surface area contributed by atoms with Crippen molar-refractivity contribution in [2.24, 2.45) is 0 Å².